The molecule has 22 heavy (non-hydrogen) atoms. The van der Waals surface area contributed by atoms with E-state index in [1.165, 1.54) is 4.90 Å². The van der Waals surface area contributed by atoms with Gasteiger partial charge in [-0.2, -0.15) is 0 Å². The smallest absolute Gasteiger partial charge is 0.310 e. The van der Waals surface area contributed by atoms with Gasteiger partial charge in [-0.25, -0.2) is 0 Å². The number of carbonyl (C=O) groups excluding carboxylic acids is 2. The van der Waals surface area contributed by atoms with Crippen molar-refractivity contribution in [3.05, 3.63) is 30.3 Å². The van der Waals surface area contributed by atoms with E-state index in [0.29, 0.717) is 19.6 Å². The minimum Gasteiger partial charge on any atom is -0.466 e. The van der Waals surface area contributed by atoms with E-state index >= 15 is 0 Å². The highest BCUT2D eigenvalue weighted by molar-refractivity contribution is 7.99. The zero-order valence-corrected chi connectivity index (χ0v) is 13.8. The molecule has 1 fully saturated rings. The lowest BCUT2D eigenvalue weighted by atomic mass is 9.98. The number of carbonyl (C=O) groups is 2. The van der Waals surface area contributed by atoms with Gasteiger partial charge in [-0.05, 0) is 31.9 Å². The number of benzene rings is 1. The first kappa shape index (κ1) is 16.9. The van der Waals surface area contributed by atoms with Crippen LogP contribution in [0.3, 0.4) is 0 Å². The highest BCUT2D eigenvalue weighted by Gasteiger charge is 2.28. The van der Waals surface area contributed by atoms with Crippen molar-refractivity contribution in [1.29, 1.82) is 0 Å². The Hall–Kier alpha value is -1.49. The summed E-state index contributed by atoms with van der Waals surface area (Å²) in [7, 11) is 0. The zero-order valence-electron chi connectivity index (χ0n) is 13.0. The van der Waals surface area contributed by atoms with Crippen molar-refractivity contribution in [1.82, 2.24) is 4.90 Å². The highest BCUT2D eigenvalue weighted by Crippen LogP contribution is 2.21. The van der Waals surface area contributed by atoms with Gasteiger partial charge in [-0.15, -0.1) is 11.8 Å². The Morgan fingerprint density at radius 1 is 1.32 bits per heavy atom. The number of ether oxygens (including phenoxy) is 1. The Kier molecular flexibility index (Phi) is 6.77. The van der Waals surface area contributed by atoms with Gasteiger partial charge in [0.2, 0.25) is 5.91 Å². The summed E-state index contributed by atoms with van der Waals surface area (Å²) in [6, 6.07) is 10.1. The molecule has 1 unspecified atom stereocenters. The standard InChI is InChI=1S/C17H23NO3S/c1-2-21-17(20)14-7-6-11-18(13-14)16(19)10-12-22-15-8-4-3-5-9-15/h3-5,8-9,14H,2,6-7,10-13H2,1H3. The summed E-state index contributed by atoms with van der Waals surface area (Å²) in [4.78, 5) is 27.1. The Bertz CT molecular complexity index is 492. The largest absolute Gasteiger partial charge is 0.466 e. The number of likely N-dealkylation sites (tertiary alicyclic amines) is 1. The van der Waals surface area contributed by atoms with E-state index in [1.807, 2.05) is 42.2 Å². The number of amides is 1. The first-order valence-electron chi connectivity index (χ1n) is 7.83. The molecule has 1 saturated heterocycles. The predicted octanol–water partition coefficient (Wildman–Crippen LogP) is 2.97. The van der Waals surface area contributed by atoms with Gasteiger partial charge in [-0.3, -0.25) is 9.59 Å². The third-order valence-electron chi connectivity index (χ3n) is 3.72. The van der Waals surface area contributed by atoms with E-state index in [1.54, 1.807) is 11.8 Å². The molecule has 0 saturated carbocycles. The monoisotopic (exact) mass is 321 g/mol. The Morgan fingerprint density at radius 2 is 2.09 bits per heavy atom. The molecule has 1 atom stereocenters. The molecule has 1 amide bonds. The molecule has 0 aliphatic carbocycles. The van der Waals surface area contributed by atoms with Crippen molar-refractivity contribution in [2.45, 2.75) is 31.1 Å². The third kappa shape index (κ3) is 5.05. The van der Waals surface area contributed by atoms with Gasteiger partial charge >= 0.3 is 5.97 Å². The molecule has 0 N–H and O–H groups in total. The number of esters is 1. The number of piperidine rings is 1. The van der Waals surface area contributed by atoms with Crippen LogP contribution in [0, 0.1) is 5.92 Å². The molecule has 0 bridgehead atoms. The van der Waals surface area contributed by atoms with Gasteiger partial charge in [0.15, 0.2) is 0 Å². The topological polar surface area (TPSA) is 46.6 Å². The van der Waals surface area contributed by atoms with Crippen LogP contribution < -0.4 is 0 Å². The predicted molar refractivity (Wildman–Crippen MR) is 87.7 cm³/mol. The summed E-state index contributed by atoms with van der Waals surface area (Å²) in [5, 5.41) is 0. The van der Waals surface area contributed by atoms with E-state index in [9.17, 15) is 9.59 Å². The average molecular weight is 321 g/mol. The van der Waals surface area contributed by atoms with E-state index < -0.39 is 0 Å². The van der Waals surface area contributed by atoms with E-state index in [-0.39, 0.29) is 17.8 Å². The van der Waals surface area contributed by atoms with E-state index in [4.69, 9.17) is 4.74 Å². The quantitative estimate of drug-likeness (QED) is 0.597. The van der Waals surface area contributed by atoms with Crippen LogP contribution in [0.1, 0.15) is 26.2 Å². The van der Waals surface area contributed by atoms with Crippen LogP contribution in [-0.4, -0.2) is 42.2 Å². The van der Waals surface area contributed by atoms with Crippen LogP contribution in [0.4, 0.5) is 0 Å². The minimum absolute atomic E-state index is 0.137. The molecule has 1 aromatic rings. The molecule has 1 heterocycles. The summed E-state index contributed by atoms with van der Waals surface area (Å²) in [6.07, 6.45) is 2.21. The summed E-state index contributed by atoms with van der Waals surface area (Å²) < 4.78 is 5.07. The Morgan fingerprint density at radius 3 is 2.82 bits per heavy atom. The maximum absolute atomic E-state index is 12.3. The Balaban J connectivity index is 1.75. The highest BCUT2D eigenvalue weighted by atomic mass is 32.2. The van der Waals surface area contributed by atoms with Crippen LogP contribution in [0.15, 0.2) is 35.2 Å². The van der Waals surface area contributed by atoms with Crippen molar-refractivity contribution in [2.75, 3.05) is 25.4 Å². The van der Waals surface area contributed by atoms with E-state index in [0.717, 1.165) is 25.1 Å². The molecule has 1 aliphatic heterocycles. The van der Waals surface area contributed by atoms with Gasteiger partial charge in [0, 0.05) is 30.2 Å². The fourth-order valence-electron chi connectivity index (χ4n) is 2.59. The second kappa shape index (κ2) is 8.83. The van der Waals surface area contributed by atoms with Crippen LogP contribution in [0.5, 0.6) is 0 Å². The lowest BCUT2D eigenvalue weighted by Crippen LogP contribution is -2.42. The van der Waals surface area contributed by atoms with Crippen LogP contribution in [0.2, 0.25) is 0 Å². The minimum atomic E-state index is -0.168. The summed E-state index contributed by atoms with van der Waals surface area (Å²) in [5.74, 6) is 0.583. The molecule has 0 spiro atoms. The van der Waals surface area contributed by atoms with Crippen molar-refractivity contribution >= 4 is 23.6 Å². The average Bonchev–Trinajstić information content (AvgIpc) is 2.56. The maximum atomic E-state index is 12.3. The SMILES string of the molecule is CCOC(=O)C1CCCN(C(=O)CCSc2ccccc2)C1. The number of hydrogen-bond donors (Lipinski definition) is 0. The normalized spacial score (nSPS) is 18.0. The molecule has 1 aliphatic rings. The number of hydrogen-bond acceptors (Lipinski definition) is 4. The van der Waals surface area contributed by atoms with Crippen molar-refractivity contribution < 1.29 is 14.3 Å². The fourth-order valence-corrected chi connectivity index (χ4v) is 3.45. The lowest BCUT2D eigenvalue weighted by molar-refractivity contribution is -0.151. The summed E-state index contributed by atoms with van der Waals surface area (Å²) in [6.45, 7) is 3.47. The zero-order chi connectivity index (χ0) is 15.8. The van der Waals surface area contributed by atoms with Gasteiger partial charge in [-0.1, -0.05) is 18.2 Å². The van der Waals surface area contributed by atoms with E-state index in [2.05, 4.69) is 0 Å². The third-order valence-corrected chi connectivity index (χ3v) is 4.74. The van der Waals surface area contributed by atoms with Crippen molar-refractivity contribution in [3.8, 4) is 0 Å². The first-order chi connectivity index (χ1) is 10.7. The van der Waals surface area contributed by atoms with Crippen LogP contribution in [-0.2, 0) is 14.3 Å². The number of thioether (sulfide) groups is 1. The molecule has 120 valence electrons. The molecule has 0 aromatic heterocycles. The molecule has 2 rings (SSSR count). The summed E-state index contributed by atoms with van der Waals surface area (Å²) in [5.41, 5.74) is 0. The van der Waals surface area contributed by atoms with Gasteiger partial charge in [0.1, 0.15) is 0 Å². The molecule has 0 radical (unpaired) electrons. The van der Waals surface area contributed by atoms with Crippen molar-refractivity contribution in [2.24, 2.45) is 5.92 Å². The first-order valence-corrected chi connectivity index (χ1v) is 8.81. The van der Waals surface area contributed by atoms with Crippen LogP contribution >= 0.6 is 11.8 Å². The maximum Gasteiger partial charge on any atom is 0.310 e. The second-order valence-electron chi connectivity index (χ2n) is 5.34. The van der Waals surface area contributed by atoms with Gasteiger partial charge in [0.25, 0.3) is 0 Å². The molecule has 1 aromatic carbocycles. The number of nitrogens with zero attached hydrogens (tertiary/aromatic N) is 1. The fraction of sp³-hybridized carbons (Fsp3) is 0.529. The summed E-state index contributed by atoms with van der Waals surface area (Å²) >= 11 is 1.69. The Labute approximate surface area is 136 Å². The molecule has 5 heteroatoms. The molecular formula is C17H23NO3S. The van der Waals surface area contributed by atoms with Crippen molar-refractivity contribution in [3.63, 3.8) is 0 Å². The number of rotatable bonds is 6. The van der Waals surface area contributed by atoms with Gasteiger partial charge in [0.05, 0.1) is 12.5 Å². The second-order valence-corrected chi connectivity index (χ2v) is 6.51. The van der Waals surface area contributed by atoms with Gasteiger partial charge < -0.3 is 9.64 Å². The van der Waals surface area contributed by atoms with Crippen LogP contribution in [0.25, 0.3) is 0 Å². The molecular weight excluding hydrogens is 298 g/mol. The lowest BCUT2D eigenvalue weighted by Gasteiger charge is -2.31. The molecule has 4 nitrogen and oxygen atoms in total.